The molecule has 0 aromatic heterocycles. The van der Waals surface area contributed by atoms with E-state index in [9.17, 15) is 4.79 Å². The van der Waals surface area contributed by atoms with Crippen molar-refractivity contribution in [1.82, 2.24) is 4.90 Å². The van der Waals surface area contributed by atoms with Gasteiger partial charge in [0.15, 0.2) is 0 Å². The Morgan fingerprint density at radius 1 is 1.50 bits per heavy atom. The molecule has 0 aromatic rings. The van der Waals surface area contributed by atoms with Crippen LogP contribution in [0.2, 0.25) is 0 Å². The fraction of sp³-hybridized carbons (Fsp3) is 0.583. The number of likely N-dealkylation sites (tertiary alicyclic amines) is 1. The number of hydrogen-bond acceptors (Lipinski definition) is 4. The second kappa shape index (κ2) is 8.97. The van der Waals surface area contributed by atoms with Gasteiger partial charge in [-0.2, -0.15) is 0 Å². The molecule has 1 fully saturated rings. The number of carbonyl (C=O) groups is 1. The molecule has 0 bridgehead atoms. The number of esters is 1. The molecule has 4 nitrogen and oxygen atoms in total. The van der Waals surface area contributed by atoms with Crippen LogP contribution in [0.4, 0.5) is 0 Å². The maximum absolute atomic E-state index is 10.5. The lowest BCUT2D eigenvalue weighted by atomic mass is 10.4. The summed E-state index contributed by atoms with van der Waals surface area (Å²) in [5.41, 5.74) is 0.350. The van der Waals surface area contributed by atoms with Crippen LogP contribution in [0.25, 0.3) is 0 Å². The average Bonchev–Trinajstić information content (AvgIpc) is 2.79. The molecular formula is C12H21NO3. The van der Waals surface area contributed by atoms with Gasteiger partial charge in [-0.1, -0.05) is 13.2 Å². The van der Waals surface area contributed by atoms with Gasteiger partial charge in [0.25, 0.3) is 0 Å². The topological polar surface area (TPSA) is 49.8 Å². The number of ether oxygens (including phenoxy) is 1. The molecule has 0 aromatic carbocycles. The highest BCUT2D eigenvalue weighted by Gasteiger charge is 2.04. The smallest absolute Gasteiger partial charge is 0.333 e. The number of hydrogen-bond donors (Lipinski definition) is 1. The van der Waals surface area contributed by atoms with Crippen molar-refractivity contribution in [2.24, 2.45) is 0 Å². The Bertz CT molecular complexity index is 232. The summed E-state index contributed by atoms with van der Waals surface area (Å²) >= 11 is 0. The summed E-state index contributed by atoms with van der Waals surface area (Å²) in [5, 5.41) is 8.19. The SMILES string of the molecule is C=C(C)C(=O)OCCO.C=CN1CCCC1. The van der Waals surface area contributed by atoms with Gasteiger partial charge in [0.05, 0.1) is 6.61 Å². The highest BCUT2D eigenvalue weighted by Crippen LogP contribution is 2.05. The third-order valence-corrected chi connectivity index (χ3v) is 2.07. The number of nitrogens with zero attached hydrogens (tertiary/aromatic N) is 1. The first kappa shape index (κ1) is 14.7. The second-order valence-corrected chi connectivity index (χ2v) is 3.57. The monoisotopic (exact) mass is 227 g/mol. The Kier molecular flexibility index (Phi) is 8.25. The van der Waals surface area contributed by atoms with E-state index >= 15 is 0 Å². The van der Waals surface area contributed by atoms with Crippen molar-refractivity contribution in [2.75, 3.05) is 26.3 Å². The fourth-order valence-corrected chi connectivity index (χ4v) is 1.19. The number of aliphatic hydroxyl groups excluding tert-OH is 1. The van der Waals surface area contributed by atoms with Crippen LogP contribution in [0.5, 0.6) is 0 Å². The zero-order valence-corrected chi connectivity index (χ0v) is 9.95. The largest absolute Gasteiger partial charge is 0.460 e. The van der Waals surface area contributed by atoms with E-state index in [1.54, 1.807) is 6.92 Å². The van der Waals surface area contributed by atoms with Crippen LogP contribution >= 0.6 is 0 Å². The Morgan fingerprint density at radius 2 is 2.06 bits per heavy atom. The first-order chi connectivity index (χ1) is 7.61. The van der Waals surface area contributed by atoms with Crippen LogP contribution in [-0.4, -0.2) is 42.3 Å². The van der Waals surface area contributed by atoms with Crippen LogP contribution in [0.3, 0.4) is 0 Å². The number of carbonyl (C=O) groups excluding carboxylic acids is 1. The molecule has 1 saturated heterocycles. The van der Waals surface area contributed by atoms with Gasteiger partial charge in [0.2, 0.25) is 0 Å². The van der Waals surface area contributed by atoms with Gasteiger partial charge >= 0.3 is 5.97 Å². The molecule has 0 saturated carbocycles. The highest BCUT2D eigenvalue weighted by molar-refractivity contribution is 5.86. The third-order valence-electron chi connectivity index (χ3n) is 2.07. The molecule has 4 heteroatoms. The Labute approximate surface area is 97.2 Å². The van der Waals surface area contributed by atoms with Crippen molar-refractivity contribution in [2.45, 2.75) is 19.8 Å². The molecule has 0 unspecified atom stereocenters. The molecule has 1 N–H and O–H groups in total. The Balaban J connectivity index is 0.000000288. The van der Waals surface area contributed by atoms with E-state index in [0.717, 1.165) is 0 Å². The van der Waals surface area contributed by atoms with Crippen molar-refractivity contribution < 1.29 is 14.6 Å². The van der Waals surface area contributed by atoms with Gasteiger partial charge in [-0.15, -0.1) is 0 Å². The first-order valence-electron chi connectivity index (χ1n) is 5.42. The van der Waals surface area contributed by atoms with E-state index in [4.69, 9.17) is 5.11 Å². The van der Waals surface area contributed by atoms with Gasteiger partial charge in [-0.25, -0.2) is 4.79 Å². The lowest BCUT2D eigenvalue weighted by Gasteiger charge is -2.07. The Morgan fingerprint density at radius 3 is 2.38 bits per heavy atom. The van der Waals surface area contributed by atoms with Crippen molar-refractivity contribution in [1.29, 1.82) is 0 Å². The van der Waals surface area contributed by atoms with Gasteiger partial charge in [-0.05, 0) is 26.0 Å². The molecule has 0 radical (unpaired) electrons. The number of rotatable bonds is 4. The van der Waals surface area contributed by atoms with Crippen LogP contribution < -0.4 is 0 Å². The maximum atomic E-state index is 10.5. The van der Waals surface area contributed by atoms with E-state index in [2.05, 4.69) is 22.8 Å². The lowest BCUT2D eigenvalue weighted by molar-refractivity contribution is -0.139. The quantitative estimate of drug-likeness (QED) is 0.581. The molecule has 1 aliphatic rings. The minimum Gasteiger partial charge on any atom is -0.460 e. The predicted octanol–water partition coefficient (Wildman–Crippen LogP) is 1.32. The van der Waals surface area contributed by atoms with Crippen molar-refractivity contribution >= 4 is 5.97 Å². The summed E-state index contributed by atoms with van der Waals surface area (Å²) < 4.78 is 4.46. The molecule has 1 aliphatic heterocycles. The van der Waals surface area contributed by atoms with E-state index < -0.39 is 5.97 Å². The summed E-state index contributed by atoms with van der Waals surface area (Å²) in [7, 11) is 0. The van der Waals surface area contributed by atoms with E-state index in [1.807, 2.05) is 6.20 Å². The molecular weight excluding hydrogens is 206 g/mol. The van der Waals surface area contributed by atoms with Crippen molar-refractivity contribution in [3.05, 3.63) is 24.9 Å². The molecule has 1 rings (SSSR count). The normalized spacial score (nSPS) is 13.8. The third kappa shape index (κ3) is 7.06. The average molecular weight is 227 g/mol. The standard InChI is InChI=1S/C6H11N.C6H10O3/c1-2-7-5-3-4-6-7;1-5(2)6(8)9-4-3-7/h2H,1,3-6H2;7H,1,3-4H2,2H3. The van der Waals surface area contributed by atoms with E-state index in [0.29, 0.717) is 5.57 Å². The molecule has 0 spiro atoms. The highest BCUT2D eigenvalue weighted by atomic mass is 16.5. The summed E-state index contributed by atoms with van der Waals surface area (Å²) in [4.78, 5) is 12.7. The molecule has 0 amide bonds. The molecule has 92 valence electrons. The zero-order valence-electron chi connectivity index (χ0n) is 9.95. The van der Waals surface area contributed by atoms with Crippen molar-refractivity contribution in [3.63, 3.8) is 0 Å². The minimum absolute atomic E-state index is 0.0473. The van der Waals surface area contributed by atoms with Gasteiger partial charge in [0, 0.05) is 18.7 Å². The maximum Gasteiger partial charge on any atom is 0.333 e. The summed E-state index contributed by atoms with van der Waals surface area (Å²) in [5.74, 6) is -0.455. The fourth-order valence-electron chi connectivity index (χ4n) is 1.19. The van der Waals surface area contributed by atoms with Crippen LogP contribution in [0, 0.1) is 0 Å². The first-order valence-corrected chi connectivity index (χ1v) is 5.42. The van der Waals surface area contributed by atoms with E-state index in [-0.39, 0.29) is 13.2 Å². The van der Waals surface area contributed by atoms with Gasteiger partial charge in [0.1, 0.15) is 6.61 Å². The van der Waals surface area contributed by atoms with Gasteiger partial charge in [-0.3, -0.25) is 0 Å². The summed E-state index contributed by atoms with van der Waals surface area (Å²) in [6.07, 6.45) is 4.63. The Hall–Kier alpha value is -1.29. The summed E-state index contributed by atoms with van der Waals surface area (Å²) in [6, 6.07) is 0. The predicted molar refractivity (Wildman–Crippen MR) is 63.9 cm³/mol. The van der Waals surface area contributed by atoms with E-state index in [1.165, 1.54) is 25.9 Å². The van der Waals surface area contributed by atoms with Crippen LogP contribution in [-0.2, 0) is 9.53 Å². The van der Waals surface area contributed by atoms with Crippen LogP contribution in [0.15, 0.2) is 24.9 Å². The van der Waals surface area contributed by atoms with Gasteiger partial charge < -0.3 is 14.7 Å². The zero-order chi connectivity index (χ0) is 12.4. The minimum atomic E-state index is -0.455. The van der Waals surface area contributed by atoms with Crippen molar-refractivity contribution in [3.8, 4) is 0 Å². The molecule has 1 heterocycles. The second-order valence-electron chi connectivity index (χ2n) is 3.57. The molecule has 16 heavy (non-hydrogen) atoms. The lowest BCUT2D eigenvalue weighted by Crippen LogP contribution is -2.08. The molecule has 0 aliphatic carbocycles. The summed E-state index contributed by atoms with van der Waals surface area (Å²) in [6.45, 7) is 10.9. The molecule has 0 atom stereocenters. The number of aliphatic hydroxyl groups is 1. The van der Waals surface area contributed by atoms with Crippen LogP contribution in [0.1, 0.15) is 19.8 Å².